The molecule has 4 aromatic rings. The molecule has 0 spiro atoms. The Kier molecular flexibility index (Phi) is 8.43. The summed E-state index contributed by atoms with van der Waals surface area (Å²) >= 11 is 0. The second-order valence-electron chi connectivity index (χ2n) is 7.96. The molecule has 0 N–H and O–H groups in total. The van der Waals surface area contributed by atoms with E-state index in [1.165, 1.54) is 5.56 Å². The SMILES string of the molecule is [CH2]COCc1c(C=Cc2ccccc2)cc(C=Cc2ccccc2)cc1C=Cc1ccccc1. The highest BCUT2D eigenvalue weighted by Gasteiger charge is 2.08. The van der Waals surface area contributed by atoms with Crippen LogP contribution in [0.4, 0.5) is 0 Å². The molecule has 0 aliphatic rings. The van der Waals surface area contributed by atoms with Crippen molar-refractivity contribution in [1.29, 1.82) is 0 Å². The molecule has 0 aliphatic heterocycles. The third kappa shape index (κ3) is 6.78. The first kappa shape index (κ1) is 23.2. The zero-order chi connectivity index (χ0) is 23.4. The summed E-state index contributed by atoms with van der Waals surface area (Å²) in [7, 11) is 0. The number of ether oxygens (including phenoxy) is 1. The molecule has 1 heteroatoms. The van der Waals surface area contributed by atoms with E-state index in [4.69, 9.17) is 4.74 Å². The van der Waals surface area contributed by atoms with E-state index in [0.717, 1.165) is 33.4 Å². The fourth-order valence-corrected chi connectivity index (χ4v) is 3.73. The minimum Gasteiger partial charge on any atom is -0.377 e. The first-order valence-corrected chi connectivity index (χ1v) is 11.5. The third-order valence-electron chi connectivity index (χ3n) is 5.51. The van der Waals surface area contributed by atoms with Crippen LogP contribution < -0.4 is 0 Å². The molecule has 0 heterocycles. The second kappa shape index (κ2) is 12.3. The molecule has 4 aromatic carbocycles. The van der Waals surface area contributed by atoms with Gasteiger partial charge in [-0.25, -0.2) is 0 Å². The van der Waals surface area contributed by atoms with E-state index in [1.54, 1.807) is 0 Å². The van der Waals surface area contributed by atoms with Crippen molar-refractivity contribution in [2.45, 2.75) is 6.61 Å². The van der Waals surface area contributed by atoms with Crippen LogP contribution in [0.1, 0.15) is 38.9 Å². The maximum atomic E-state index is 5.78. The molecule has 0 aliphatic carbocycles. The summed E-state index contributed by atoms with van der Waals surface area (Å²) < 4.78 is 5.78. The van der Waals surface area contributed by atoms with Crippen molar-refractivity contribution in [3.8, 4) is 0 Å². The molecule has 34 heavy (non-hydrogen) atoms. The Morgan fingerprint density at radius 3 is 1.29 bits per heavy atom. The van der Waals surface area contributed by atoms with Gasteiger partial charge in [0.05, 0.1) is 6.61 Å². The van der Waals surface area contributed by atoms with E-state index in [2.05, 4.69) is 128 Å². The van der Waals surface area contributed by atoms with E-state index < -0.39 is 0 Å². The molecule has 1 radical (unpaired) electrons. The van der Waals surface area contributed by atoms with Gasteiger partial charge in [0, 0.05) is 6.61 Å². The molecule has 0 bridgehead atoms. The average molecular weight is 442 g/mol. The predicted molar refractivity (Wildman–Crippen MR) is 148 cm³/mol. The quantitative estimate of drug-likeness (QED) is 0.236. The highest BCUT2D eigenvalue weighted by Crippen LogP contribution is 2.25. The maximum absolute atomic E-state index is 5.78. The standard InChI is InChI=1S/C33H29O/c1-2-34-26-33-31(22-20-28-14-8-4-9-15-28)24-30(19-18-27-12-6-3-7-13-27)25-32(33)23-21-29-16-10-5-11-17-29/h3-25H,1-2,26H2. The third-order valence-corrected chi connectivity index (χ3v) is 5.51. The van der Waals surface area contributed by atoms with Gasteiger partial charge in [-0.2, -0.15) is 0 Å². The zero-order valence-electron chi connectivity index (χ0n) is 19.3. The molecular formula is C33H29O. The van der Waals surface area contributed by atoms with Crippen molar-refractivity contribution in [2.24, 2.45) is 0 Å². The fraction of sp³-hybridized carbons (Fsp3) is 0.0606. The topological polar surface area (TPSA) is 9.23 Å². The summed E-state index contributed by atoms with van der Waals surface area (Å²) in [6, 6.07) is 35.5. The normalized spacial score (nSPS) is 11.7. The second-order valence-corrected chi connectivity index (χ2v) is 7.96. The molecule has 0 atom stereocenters. The Morgan fingerprint density at radius 1 is 0.500 bits per heavy atom. The van der Waals surface area contributed by atoms with Gasteiger partial charge in [0.25, 0.3) is 0 Å². The lowest BCUT2D eigenvalue weighted by molar-refractivity contribution is 0.147. The van der Waals surface area contributed by atoms with Crippen molar-refractivity contribution in [2.75, 3.05) is 6.61 Å². The van der Waals surface area contributed by atoms with Crippen molar-refractivity contribution in [1.82, 2.24) is 0 Å². The molecule has 0 unspecified atom stereocenters. The van der Waals surface area contributed by atoms with Crippen LogP contribution in [0.2, 0.25) is 0 Å². The van der Waals surface area contributed by atoms with Gasteiger partial charge in [-0.15, -0.1) is 0 Å². The average Bonchev–Trinajstić information content (AvgIpc) is 2.90. The van der Waals surface area contributed by atoms with E-state index in [0.29, 0.717) is 13.2 Å². The summed E-state index contributed by atoms with van der Waals surface area (Å²) in [6.45, 7) is 4.80. The first-order chi connectivity index (χ1) is 16.8. The zero-order valence-corrected chi connectivity index (χ0v) is 19.3. The highest BCUT2D eigenvalue weighted by molar-refractivity contribution is 5.81. The van der Waals surface area contributed by atoms with E-state index in [9.17, 15) is 0 Å². The molecule has 0 saturated carbocycles. The van der Waals surface area contributed by atoms with Crippen LogP contribution in [0, 0.1) is 6.92 Å². The summed E-state index contributed by atoms with van der Waals surface area (Å²) in [5, 5.41) is 0. The summed E-state index contributed by atoms with van der Waals surface area (Å²) in [4.78, 5) is 0. The number of hydrogen-bond acceptors (Lipinski definition) is 1. The molecule has 0 saturated heterocycles. The van der Waals surface area contributed by atoms with Crippen LogP contribution in [-0.4, -0.2) is 6.61 Å². The Balaban J connectivity index is 1.77. The highest BCUT2D eigenvalue weighted by atomic mass is 16.5. The lowest BCUT2D eigenvalue weighted by Gasteiger charge is -2.13. The number of rotatable bonds is 9. The molecule has 0 amide bonds. The van der Waals surface area contributed by atoms with Gasteiger partial charge < -0.3 is 4.74 Å². The molecular weight excluding hydrogens is 412 g/mol. The molecule has 0 fully saturated rings. The fourth-order valence-electron chi connectivity index (χ4n) is 3.73. The van der Waals surface area contributed by atoms with E-state index in [-0.39, 0.29) is 0 Å². The molecule has 4 rings (SSSR count). The number of hydrogen-bond donors (Lipinski definition) is 0. The van der Waals surface area contributed by atoms with Crippen LogP contribution in [0.3, 0.4) is 0 Å². The number of benzene rings is 4. The maximum Gasteiger partial charge on any atom is 0.0728 e. The van der Waals surface area contributed by atoms with Crippen LogP contribution in [0.15, 0.2) is 103 Å². The van der Waals surface area contributed by atoms with E-state index in [1.807, 2.05) is 18.2 Å². The van der Waals surface area contributed by atoms with Crippen LogP contribution in [-0.2, 0) is 11.3 Å². The minimum absolute atomic E-state index is 0.430. The van der Waals surface area contributed by atoms with Gasteiger partial charge in [-0.1, -0.05) is 127 Å². The Labute approximate surface area is 203 Å². The van der Waals surface area contributed by atoms with E-state index >= 15 is 0 Å². The monoisotopic (exact) mass is 441 g/mol. The molecule has 0 aromatic heterocycles. The smallest absolute Gasteiger partial charge is 0.0728 e. The van der Waals surface area contributed by atoms with Gasteiger partial charge in [-0.05, 0) is 58.0 Å². The lowest BCUT2D eigenvalue weighted by Crippen LogP contribution is -1.99. The summed E-state index contributed by atoms with van der Waals surface area (Å²) in [6.07, 6.45) is 13.0. The van der Waals surface area contributed by atoms with Crippen LogP contribution >= 0.6 is 0 Å². The van der Waals surface area contributed by atoms with Crippen molar-refractivity contribution >= 4 is 36.5 Å². The Bertz CT molecular complexity index is 1180. The van der Waals surface area contributed by atoms with Gasteiger partial charge in [0.2, 0.25) is 0 Å². The van der Waals surface area contributed by atoms with Crippen molar-refractivity contribution in [3.63, 3.8) is 0 Å². The van der Waals surface area contributed by atoms with Gasteiger partial charge in [0.1, 0.15) is 0 Å². The predicted octanol–water partition coefficient (Wildman–Crippen LogP) is 8.55. The Hall–Kier alpha value is -3.94. The van der Waals surface area contributed by atoms with Gasteiger partial charge in [0.15, 0.2) is 0 Å². The van der Waals surface area contributed by atoms with Crippen molar-refractivity contribution in [3.05, 3.63) is 149 Å². The van der Waals surface area contributed by atoms with Gasteiger partial charge in [-0.3, -0.25) is 0 Å². The summed E-state index contributed by atoms with van der Waals surface area (Å²) in [5.41, 5.74) is 8.08. The Morgan fingerprint density at radius 2 is 0.882 bits per heavy atom. The van der Waals surface area contributed by atoms with Crippen LogP contribution in [0.25, 0.3) is 36.5 Å². The van der Waals surface area contributed by atoms with Crippen molar-refractivity contribution < 1.29 is 4.74 Å². The van der Waals surface area contributed by atoms with Gasteiger partial charge >= 0.3 is 0 Å². The molecule has 167 valence electrons. The first-order valence-electron chi connectivity index (χ1n) is 11.5. The minimum atomic E-state index is 0.430. The lowest BCUT2D eigenvalue weighted by atomic mass is 9.95. The largest absolute Gasteiger partial charge is 0.377 e. The summed E-state index contributed by atoms with van der Waals surface area (Å²) in [5.74, 6) is 0. The van der Waals surface area contributed by atoms with Crippen LogP contribution in [0.5, 0.6) is 0 Å². The molecule has 1 nitrogen and oxygen atoms in total.